The highest BCUT2D eigenvalue weighted by molar-refractivity contribution is 5.92. The van der Waals surface area contributed by atoms with E-state index in [0.717, 1.165) is 18.6 Å². The van der Waals surface area contributed by atoms with Crippen molar-refractivity contribution in [2.45, 2.75) is 38.1 Å². The van der Waals surface area contributed by atoms with E-state index in [9.17, 15) is 14.9 Å². The number of esters is 1. The van der Waals surface area contributed by atoms with Gasteiger partial charge in [-0.25, -0.2) is 4.79 Å². The minimum Gasteiger partial charge on any atom is -0.490 e. The summed E-state index contributed by atoms with van der Waals surface area (Å²) in [5.74, 6) is 0.463. The zero-order chi connectivity index (χ0) is 23.5. The van der Waals surface area contributed by atoms with Gasteiger partial charge in [0.25, 0.3) is 5.91 Å². The van der Waals surface area contributed by atoms with Gasteiger partial charge in [0.15, 0.2) is 18.1 Å². The van der Waals surface area contributed by atoms with Crippen molar-refractivity contribution in [2.24, 2.45) is 0 Å². The van der Waals surface area contributed by atoms with E-state index in [1.54, 1.807) is 12.1 Å². The van der Waals surface area contributed by atoms with E-state index in [4.69, 9.17) is 18.9 Å². The van der Waals surface area contributed by atoms with Crippen LogP contribution in [0.1, 0.15) is 43.0 Å². The van der Waals surface area contributed by atoms with Gasteiger partial charge in [-0.05, 0) is 62.9 Å². The van der Waals surface area contributed by atoms with Crippen molar-refractivity contribution in [3.63, 3.8) is 0 Å². The zero-order valence-electron chi connectivity index (χ0n) is 18.7. The molecule has 33 heavy (non-hydrogen) atoms. The molecular weight excluding hydrogens is 424 g/mol. The largest absolute Gasteiger partial charge is 0.490 e. The van der Waals surface area contributed by atoms with Crippen LogP contribution >= 0.6 is 0 Å². The monoisotopic (exact) mass is 452 g/mol. The van der Waals surface area contributed by atoms with E-state index in [1.807, 2.05) is 37.3 Å². The Kier molecular flexibility index (Phi) is 8.53. The van der Waals surface area contributed by atoms with Crippen LogP contribution in [0.5, 0.6) is 17.2 Å². The smallest absolute Gasteiger partial charge is 0.338 e. The van der Waals surface area contributed by atoms with Gasteiger partial charge < -0.3 is 24.3 Å². The van der Waals surface area contributed by atoms with Crippen LogP contribution in [0.25, 0.3) is 0 Å². The van der Waals surface area contributed by atoms with Crippen molar-refractivity contribution in [1.29, 1.82) is 5.26 Å². The van der Waals surface area contributed by atoms with Crippen molar-refractivity contribution in [1.82, 2.24) is 5.32 Å². The Hall–Kier alpha value is -3.73. The molecule has 0 radical (unpaired) electrons. The van der Waals surface area contributed by atoms with Crippen molar-refractivity contribution in [2.75, 3.05) is 26.4 Å². The minimum absolute atomic E-state index is 0.231. The summed E-state index contributed by atoms with van der Waals surface area (Å²) in [7, 11) is 0. The third kappa shape index (κ3) is 6.88. The Labute approximate surface area is 193 Å². The number of para-hydroxylation sites is 1. The van der Waals surface area contributed by atoms with Crippen LogP contribution < -0.4 is 19.5 Å². The summed E-state index contributed by atoms with van der Waals surface area (Å²) in [6.45, 7) is 2.39. The maximum absolute atomic E-state index is 12.4. The lowest BCUT2D eigenvalue weighted by molar-refractivity contribution is -0.125. The maximum Gasteiger partial charge on any atom is 0.338 e. The molecule has 174 valence electrons. The Morgan fingerprint density at radius 1 is 1.00 bits per heavy atom. The predicted molar refractivity (Wildman–Crippen MR) is 120 cm³/mol. The number of hydrogen-bond donors (Lipinski definition) is 1. The molecule has 0 saturated heterocycles. The highest BCUT2D eigenvalue weighted by Crippen LogP contribution is 2.30. The number of ether oxygens (including phenoxy) is 4. The van der Waals surface area contributed by atoms with Crippen LogP contribution in [0.3, 0.4) is 0 Å². The molecule has 0 bridgehead atoms. The first-order chi connectivity index (χ1) is 16.0. The highest BCUT2D eigenvalue weighted by Gasteiger charge is 2.35. The van der Waals surface area contributed by atoms with Crippen LogP contribution in [0.15, 0.2) is 48.5 Å². The van der Waals surface area contributed by atoms with Crippen molar-refractivity contribution < 1.29 is 28.5 Å². The molecule has 3 rings (SSSR count). The van der Waals surface area contributed by atoms with Gasteiger partial charge in [0.05, 0.1) is 18.2 Å². The number of amides is 1. The molecule has 8 nitrogen and oxygen atoms in total. The Morgan fingerprint density at radius 3 is 2.42 bits per heavy atom. The van der Waals surface area contributed by atoms with E-state index in [1.165, 1.54) is 6.07 Å². The maximum atomic E-state index is 12.4. The molecule has 2 aromatic rings. The van der Waals surface area contributed by atoms with Crippen LogP contribution in [-0.2, 0) is 9.53 Å². The van der Waals surface area contributed by atoms with Gasteiger partial charge >= 0.3 is 5.97 Å². The molecule has 0 aromatic heterocycles. The van der Waals surface area contributed by atoms with Gasteiger partial charge in [-0.2, -0.15) is 5.26 Å². The van der Waals surface area contributed by atoms with Gasteiger partial charge in [-0.3, -0.25) is 4.79 Å². The summed E-state index contributed by atoms with van der Waals surface area (Å²) in [5.41, 5.74) is -0.621. The standard InChI is InChI=1S/C25H28N2O6/c1-2-30-22-16-19(10-11-21(22)32-15-14-31-20-8-4-3-5-9-20)24(29)33-17-23(28)27-25(18-26)12-6-7-13-25/h3-5,8-11,16H,2,6-7,12-15,17H2,1H3,(H,27,28). The van der Waals surface area contributed by atoms with Crippen molar-refractivity contribution in [3.05, 3.63) is 54.1 Å². The fraction of sp³-hybridized carbons (Fsp3) is 0.400. The number of carbonyl (C=O) groups excluding carboxylic acids is 2. The molecule has 8 heteroatoms. The van der Waals surface area contributed by atoms with Crippen LogP contribution in [0.2, 0.25) is 0 Å². The number of nitrogens with zero attached hydrogens (tertiary/aromatic N) is 1. The number of nitriles is 1. The number of benzene rings is 2. The summed E-state index contributed by atoms with van der Waals surface area (Å²) >= 11 is 0. The van der Waals surface area contributed by atoms with E-state index < -0.39 is 24.0 Å². The van der Waals surface area contributed by atoms with E-state index in [-0.39, 0.29) is 5.56 Å². The summed E-state index contributed by atoms with van der Waals surface area (Å²) < 4.78 is 22.1. The molecule has 0 atom stereocenters. The summed E-state index contributed by atoms with van der Waals surface area (Å²) in [6, 6.07) is 16.3. The summed E-state index contributed by atoms with van der Waals surface area (Å²) in [6.07, 6.45) is 3.00. The van der Waals surface area contributed by atoms with Gasteiger partial charge in [-0.15, -0.1) is 0 Å². The van der Waals surface area contributed by atoms with Crippen molar-refractivity contribution in [3.8, 4) is 23.3 Å². The first-order valence-electron chi connectivity index (χ1n) is 11.0. The molecule has 1 saturated carbocycles. The van der Waals surface area contributed by atoms with E-state index in [2.05, 4.69) is 11.4 Å². The Morgan fingerprint density at radius 2 is 1.73 bits per heavy atom. The van der Waals surface area contributed by atoms with Crippen LogP contribution in [0, 0.1) is 11.3 Å². The lowest BCUT2D eigenvalue weighted by atomic mass is 10.00. The fourth-order valence-electron chi connectivity index (χ4n) is 3.61. The average molecular weight is 453 g/mol. The number of nitrogens with one attached hydrogen (secondary N) is 1. The zero-order valence-corrected chi connectivity index (χ0v) is 18.7. The predicted octanol–water partition coefficient (Wildman–Crippen LogP) is 3.65. The lowest BCUT2D eigenvalue weighted by Gasteiger charge is -2.21. The second-order valence-corrected chi connectivity index (χ2v) is 7.63. The highest BCUT2D eigenvalue weighted by atomic mass is 16.5. The van der Waals surface area contributed by atoms with Gasteiger partial charge in [0.2, 0.25) is 0 Å². The van der Waals surface area contributed by atoms with Crippen LogP contribution in [0.4, 0.5) is 0 Å². The van der Waals surface area contributed by atoms with Crippen molar-refractivity contribution >= 4 is 11.9 Å². The number of carbonyl (C=O) groups is 2. The molecule has 1 aliphatic carbocycles. The molecule has 1 fully saturated rings. The molecule has 0 spiro atoms. The first kappa shape index (κ1) is 23.9. The van der Waals surface area contributed by atoms with Gasteiger partial charge in [-0.1, -0.05) is 18.2 Å². The molecule has 0 unspecified atom stereocenters. The summed E-state index contributed by atoms with van der Waals surface area (Å²) in [4.78, 5) is 24.6. The van der Waals surface area contributed by atoms with E-state index in [0.29, 0.717) is 44.2 Å². The Bertz CT molecular complexity index is 980. The fourth-order valence-corrected chi connectivity index (χ4v) is 3.61. The SMILES string of the molecule is CCOc1cc(C(=O)OCC(=O)NC2(C#N)CCCC2)ccc1OCCOc1ccccc1. The third-order valence-corrected chi connectivity index (χ3v) is 5.22. The number of hydrogen-bond acceptors (Lipinski definition) is 7. The number of rotatable bonds is 11. The third-order valence-electron chi connectivity index (χ3n) is 5.22. The molecule has 1 N–H and O–H groups in total. The molecule has 2 aromatic carbocycles. The molecular formula is C25H28N2O6. The Balaban J connectivity index is 1.52. The lowest BCUT2D eigenvalue weighted by Crippen LogP contribution is -2.46. The average Bonchev–Trinajstić information content (AvgIpc) is 3.30. The molecule has 1 amide bonds. The van der Waals surface area contributed by atoms with E-state index >= 15 is 0 Å². The van der Waals surface area contributed by atoms with Gasteiger partial charge in [0, 0.05) is 0 Å². The van der Waals surface area contributed by atoms with Gasteiger partial charge in [0.1, 0.15) is 24.5 Å². The quantitative estimate of drug-likeness (QED) is 0.410. The molecule has 0 heterocycles. The topological polar surface area (TPSA) is 107 Å². The minimum atomic E-state index is -0.852. The second kappa shape index (κ2) is 11.8. The second-order valence-electron chi connectivity index (χ2n) is 7.63. The first-order valence-corrected chi connectivity index (χ1v) is 11.0. The normalized spacial score (nSPS) is 14.1. The molecule has 0 aliphatic heterocycles. The molecule has 1 aliphatic rings. The summed E-state index contributed by atoms with van der Waals surface area (Å²) in [5, 5.41) is 12.1. The van der Waals surface area contributed by atoms with Crippen LogP contribution in [-0.4, -0.2) is 43.8 Å².